The summed E-state index contributed by atoms with van der Waals surface area (Å²) in [5.41, 5.74) is 7.95. The van der Waals surface area contributed by atoms with Crippen LogP contribution in [0.4, 0.5) is 5.69 Å². The summed E-state index contributed by atoms with van der Waals surface area (Å²) in [7, 11) is 1.67. The highest BCUT2D eigenvalue weighted by Gasteiger charge is 2.01. The molecule has 2 aromatic rings. The molecule has 0 aliphatic rings. The van der Waals surface area contributed by atoms with Gasteiger partial charge in [0.15, 0.2) is 0 Å². The summed E-state index contributed by atoms with van der Waals surface area (Å²) in [6, 6.07) is 13.8. The Labute approximate surface area is 122 Å². The number of thioether (sulfide) groups is 1. The molecular formula is C15H16ClNOS. The molecule has 0 saturated heterocycles. The zero-order chi connectivity index (χ0) is 13.7. The van der Waals surface area contributed by atoms with E-state index in [9.17, 15) is 0 Å². The molecule has 0 unspecified atom stereocenters. The van der Waals surface area contributed by atoms with Gasteiger partial charge in [-0.25, -0.2) is 0 Å². The predicted octanol–water partition coefficient (Wildman–Crippen LogP) is 4.27. The molecule has 100 valence electrons. The van der Waals surface area contributed by atoms with Crippen LogP contribution in [0.1, 0.15) is 5.56 Å². The van der Waals surface area contributed by atoms with Crippen molar-refractivity contribution in [1.82, 2.24) is 0 Å². The summed E-state index contributed by atoms with van der Waals surface area (Å²) < 4.78 is 5.14. The van der Waals surface area contributed by atoms with Gasteiger partial charge in [0.25, 0.3) is 0 Å². The molecule has 0 bridgehead atoms. The van der Waals surface area contributed by atoms with Crippen LogP contribution >= 0.6 is 23.4 Å². The highest BCUT2D eigenvalue weighted by atomic mass is 35.5. The fourth-order valence-electron chi connectivity index (χ4n) is 1.72. The molecule has 2 N–H and O–H groups in total. The Bertz CT molecular complexity index is 542. The molecule has 0 radical (unpaired) electrons. The van der Waals surface area contributed by atoms with E-state index >= 15 is 0 Å². The second-order valence-electron chi connectivity index (χ2n) is 4.13. The van der Waals surface area contributed by atoms with Gasteiger partial charge in [-0.15, -0.1) is 11.8 Å². The molecule has 0 heterocycles. The van der Waals surface area contributed by atoms with Gasteiger partial charge in [0.1, 0.15) is 5.75 Å². The molecule has 2 rings (SSSR count). The molecular weight excluding hydrogens is 278 g/mol. The SMILES string of the molecule is COc1ccc(CCSc2ccc(Cl)cc2N)cc1. The minimum Gasteiger partial charge on any atom is -0.497 e. The largest absolute Gasteiger partial charge is 0.497 e. The van der Waals surface area contributed by atoms with E-state index in [1.54, 1.807) is 24.9 Å². The van der Waals surface area contributed by atoms with E-state index in [4.69, 9.17) is 22.1 Å². The number of anilines is 1. The summed E-state index contributed by atoms with van der Waals surface area (Å²) in [6.07, 6.45) is 0.997. The number of hydrogen-bond acceptors (Lipinski definition) is 3. The van der Waals surface area contributed by atoms with Gasteiger partial charge in [0.05, 0.1) is 7.11 Å². The van der Waals surface area contributed by atoms with Crippen molar-refractivity contribution in [2.24, 2.45) is 0 Å². The Morgan fingerprint density at radius 3 is 2.53 bits per heavy atom. The van der Waals surface area contributed by atoms with E-state index in [-0.39, 0.29) is 0 Å². The van der Waals surface area contributed by atoms with Gasteiger partial charge in [0.2, 0.25) is 0 Å². The Hall–Kier alpha value is -1.32. The summed E-state index contributed by atoms with van der Waals surface area (Å²) in [5, 5.41) is 0.678. The summed E-state index contributed by atoms with van der Waals surface area (Å²) in [5.74, 6) is 1.87. The number of ether oxygens (including phenoxy) is 1. The number of benzene rings is 2. The molecule has 0 aliphatic heterocycles. The molecule has 4 heteroatoms. The topological polar surface area (TPSA) is 35.2 Å². The van der Waals surface area contributed by atoms with Crippen LogP contribution in [0.25, 0.3) is 0 Å². The fraction of sp³-hybridized carbons (Fsp3) is 0.200. The molecule has 2 aromatic carbocycles. The summed E-state index contributed by atoms with van der Waals surface area (Å²) in [4.78, 5) is 1.08. The molecule has 0 spiro atoms. The van der Waals surface area contributed by atoms with Crippen LogP contribution in [-0.4, -0.2) is 12.9 Å². The van der Waals surface area contributed by atoms with E-state index in [0.717, 1.165) is 28.5 Å². The highest BCUT2D eigenvalue weighted by Crippen LogP contribution is 2.28. The molecule has 0 aromatic heterocycles. The number of hydrogen-bond donors (Lipinski definition) is 1. The van der Waals surface area contributed by atoms with E-state index < -0.39 is 0 Å². The number of halogens is 1. The van der Waals surface area contributed by atoms with Crippen LogP contribution in [0.15, 0.2) is 47.4 Å². The van der Waals surface area contributed by atoms with Gasteiger partial charge in [-0.05, 0) is 42.3 Å². The second-order valence-corrected chi connectivity index (χ2v) is 5.70. The van der Waals surface area contributed by atoms with Gasteiger partial charge in [-0.3, -0.25) is 0 Å². The molecule has 19 heavy (non-hydrogen) atoms. The van der Waals surface area contributed by atoms with Crippen LogP contribution < -0.4 is 10.5 Å². The van der Waals surface area contributed by atoms with Crippen molar-refractivity contribution < 1.29 is 4.74 Å². The molecule has 0 fully saturated rings. The third-order valence-electron chi connectivity index (χ3n) is 2.78. The first-order valence-electron chi connectivity index (χ1n) is 6.00. The minimum atomic E-state index is 0.678. The lowest BCUT2D eigenvalue weighted by atomic mass is 10.2. The maximum atomic E-state index is 5.92. The Morgan fingerprint density at radius 1 is 1.16 bits per heavy atom. The first-order chi connectivity index (χ1) is 9.19. The monoisotopic (exact) mass is 293 g/mol. The molecule has 0 atom stereocenters. The van der Waals surface area contributed by atoms with Gasteiger partial charge in [0, 0.05) is 21.4 Å². The number of aryl methyl sites for hydroxylation is 1. The number of nitrogens with two attached hydrogens (primary N) is 1. The maximum absolute atomic E-state index is 5.92. The molecule has 2 nitrogen and oxygen atoms in total. The second kappa shape index (κ2) is 6.73. The summed E-state index contributed by atoms with van der Waals surface area (Å²) >= 11 is 7.62. The van der Waals surface area contributed by atoms with Crippen LogP contribution in [0, 0.1) is 0 Å². The van der Waals surface area contributed by atoms with Crippen molar-refractivity contribution in [2.45, 2.75) is 11.3 Å². The van der Waals surface area contributed by atoms with Crippen molar-refractivity contribution in [3.8, 4) is 5.75 Å². The highest BCUT2D eigenvalue weighted by molar-refractivity contribution is 7.99. The van der Waals surface area contributed by atoms with Gasteiger partial charge in [-0.1, -0.05) is 23.7 Å². The van der Waals surface area contributed by atoms with Crippen LogP contribution in [-0.2, 0) is 6.42 Å². The average molecular weight is 294 g/mol. The van der Waals surface area contributed by atoms with E-state index in [1.165, 1.54) is 5.56 Å². The summed E-state index contributed by atoms with van der Waals surface area (Å²) in [6.45, 7) is 0. The van der Waals surface area contributed by atoms with Crippen molar-refractivity contribution in [2.75, 3.05) is 18.6 Å². The first-order valence-corrected chi connectivity index (χ1v) is 7.36. The molecule has 0 saturated carbocycles. The third-order valence-corrected chi connectivity index (χ3v) is 4.11. The Kier molecular flexibility index (Phi) is 5.00. The van der Waals surface area contributed by atoms with Crippen LogP contribution in [0.3, 0.4) is 0 Å². The quantitative estimate of drug-likeness (QED) is 0.660. The van der Waals surface area contributed by atoms with Crippen LogP contribution in [0.5, 0.6) is 5.75 Å². The zero-order valence-corrected chi connectivity index (χ0v) is 12.3. The lowest BCUT2D eigenvalue weighted by Gasteiger charge is -2.06. The average Bonchev–Trinajstić information content (AvgIpc) is 2.42. The Balaban J connectivity index is 1.88. The minimum absolute atomic E-state index is 0.678. The van der Waals surface area contributed by atoms with Crippen molar-refractivity contribution in [1.29, 1.82) is 0 Å². The van der Waals surface area contributed by atoms with Crippen LogP contribution in [0.2, 0.25) is 5.02 Å². The smallest absolute Gasteiger partial charge is 0.118 e. The van der Waals surface area contributed by atoms with Crippen molar-refractivity contribution in [3.63, 3.8) is 0 Å². The van der Waals surface area contributed by atoms with Gasteiger partial charge < -0.3 is 10.5 Å². The lowest BCUT2D eigenvalue weighted by Crippen LogP contribution is -1.92. The molecule has 0 amide bonds. The maximum Gasteiger partial charge on any atom is 0.118 e. The Morgan fingerprint density at radius 2 is 1.89 bits per heavy atom. The normalized spacial score (nSPS) is 10.4. The van der Waals surface area contributed by atoms with Crippen molar-refractivity contribution >= 4 is 29.1 Å². The van der Waals surface area contributed by atoms with Gasteiger partial charge >= 0.3 is 0 Å². The lowest BCUT2D eigenvalue weighted by molar-refractivity contribution is 0.414. The first kappa shape index (κ1) is 14.1. The van der Waals surface area contributed by atoms with E-state index in [2.05, 4.69) is 12.1 Å². The standard InChI is InChI=1S/C15H16ClNOS/c1-18-13-5-2-11(3-6-13)8-9-19-15-7-4-12(16)10-14(15)17/h2-7,10H,8-9,17H2,1H3. The number of methoxy groups -OCH3 is 1. The molecule has 0 aliphatic carbocycles. The zero-order valence-electron chi connectivity index (χ0n) is 10.7. The van der Waals surface area contributed by atoms with Crippen molar-refractivity contribution in [3.05, 3.63) is 53.1 Å². The van der Waals surface area contributed by atoms with E-state index in [0.29, 0.717) is 5.02 Å². The van der Waals surface area contributed by atoms with E-state index in [1.807, 2.05) is 24.3 Å². The van der Waals surface area contributed by atoms with Gasteiger partial charge in [-0.2, -0.15) is 0 Å². The number of rotatable bonds is 5. The third kappa shape index (κ3) is 4.08. The fourth-order valence-corrected chi connectivity index (χ4v) is 2.85. The predicted molar refractivity (Wildman–Crippen MR) is 83.3 cm³/mol. The number of nitrogen functional groups attached to an aromatic ring is 1.